The van der Waals surface area contributed by atoms with E-state index in [0.717, 1.165) is 0 Å². The van der Waals surface area contributed by atoms with Crippen LogP contribution in [0.15, 0.2) is 18.2 Å². The Labute approximate surface area is 87.0 Å². The van der Waals surface area contributed by atoms with E-state index in [1.807, 2.05) is 0 Å². The molecular weight excluding hydrogens is 197 g/mol. The summed E-state index contributed by atoms with van der Waals surface area (Å²) in [5.41, 5.74) is -0.174. The van der Waals surface area contributed by atoms with Crippen LogP contribution in [0, 0.1) is 17.1 Å². The molecule has 1 aliphatic heterocycles. The third kappa shape index (κ3) is 1.45. The molecule has 2 rings (SSSR count). The molecule has 78 valence electrons. The van der Waals surface area contributed by atoms with Crippen molar-refractivity contribution in [1.29, 1.82) is 5.26 Å². The Morgan fingerprint density at radius 2 is 2.27 bits per heavy atom. The van der Waals surface area contributed by atoms with Gasteiger partial charge in [-0.15, -0.1) is 0 Å². The zero-order valence-corrected chi connectivity index (χ0v) is 8.29. The van der Waals surface area contributed by atoms with Crippen LogP contribution in [-0.2, 0) is 10.2 Å². The second-order valence-electron chi connectivity index (χ2n) is 3.53. The highest BCUT2D eigenvalue weighted by Crippen LogP contribution is 2.37. The predicted octanol–water partition coefficient (Wildman–Crippen LogP) is 1.63. The zero-order valence-electron chi connectivity index (χ0n) is 8.29. The molecule has 1 saturated heterocycles. The standard InChI is InChI=1S/C11H10FNO2/c1-14-10-3-2-8(12)4-9(10)11(5-13)6-15-7-11/h2-4H,6-7H2,1H3. The number of methoxy groups -OCH3 is 1. The van der Waals surface area contributed by atoms with Gasteiger partial charge in [-0.1, -0.05) is 0 Å². The Morgan fingerprint density at radius 1 is 1.53 bits per heavy atom. The van der Waals surface area contributed by atoms with Gasteiger partial charge in [0.05, 0.1) is 26.4 Å². The highest BCUT2D eigenvalue weighted by atomic mass is 19.1. The van der Waals surface area contributed by atoms with Crippen LogP contribution >= 0.6 is 0 Å². The molecule has 0 spiro atoms. The first kappa shape index (κ1) is 9.94. The van der Waals surface area contributed by atoms with Crippen LogP contribution < -0.4 is 4.74 Å². The molecule has 0 saturated carbocycles. The first-order valence-electron chi connectivity index (χ1n) is 4.55. The number of nitrogens with zero attached hydrogens (tertiary/aromatic N) is 1. The molecule has 1 aliphatic rings. The van der Waals surface area contributed by atoms with E-state index in [0.29, 0.717) is 24.5 Å². The van der Waals surface area contributed by atoms with E-state index in [1.165, 1.54) is 25.3 Å². The van der Waals surface area contributed by atoms with Crippen LogP contribution in [0.25, 0.3) is 0 Å². The van der Waals surface area contributed by atoms with Crippen molar-refractivity contribution >= 4 is 0 Å². The van der Waals surface area contributed by atoms with E-state index < -0.39 is 5.41 Å². The van der Waals surface area contributed by atoms with Gasteiger partial charge in [0.15, 0.2) is 0 Å². The summed E-state index contributed by atoms with van der Waals surface area (Å²) < 4.78 is 23.2. The second-order valence-corrected chi connectivity index (χ2v) is 3.53. The molecule has 1 aromatic carbocycles. The number of hydrogen-bond donors (Lipinski definition) is 0. The largest absolute Gasteiger partial charge is 0.496 e. The zero-order chi connectivity index (χ0) is 10.9. The second kappa shape index (κ2) is 3.52. The molecule has 0 aliphatic carbocycles. The van der Waals surface area contributed by atoms with Crippen molar-refractivity contribution in [2.45, 2.75) is 5.41 Å². The Bertz CT molecular complexity index is 421. The lowest BCUT2D eigenvalue weighted by Crippen LogP contribution is -2.45. The molecule has 0 unspecified atom stereocenters. The summed E-state index contributed by atoms with van der Waals surface area (Å²) in [6.07, 6.45) is 0. The fourth-order valence-electron chi connectivity index (χ4n) is 1.64. The summed E-state index contributed by atoms with van der Waals surface area (Å²) in [7, 11) is 1.50. The molecule has 0 bridgehead atoms. The number of ether oxygens (including phenoxy) is 2. The number of benzene rings is 1. The molecule has 15 heavy (non-hydrogen) atoms. The number of hydrogen-bond acceptors (Lipinski definition) is 3. The fraction of sp³-hybridized carbons (Fsp3) is 0.364. The van der Waals surface area contributed by atoms with Crippen molar-refractivity contribution in [2.75, 3.05) is 20.3 Å². The van der Waals surface area contributed by atoms with Gasteiger partial charge < -0.3 is 9.47 Å². The van der Waals surface area contributed by atoms with Crippen molar-refractivity contribution in [3.8, 4) is 11.8 Å². The van der Waals surface area contributed by atoms with Gasteiger partial charge in [-0.05, 0) is 18.2 Å². The van der Waals surface area contributed by atoms with Crippen LogP contribution in [-0.4, -0.2) is 20.3 Å². The maximum Gasteiger partial charge on any atom is 0.132 e. The van der Waals surface area contributed by atoms with Crippen LogP contribution in [0.4, 0.5) is 4.39 Å². The fourth-order valence-corrected chi connectivity index (χ4v) is 1.64. The molecule has 0 atom stereocenters. The molecule has 0 N–H and O–H groups in total. The van der Waals surface area contributed by atoms with Crippen LogP contribution in [0.5, 0.6) is 5.75 Å². The summed E-state index contributed by atoms with van der Waals surface area (Å²) in [5, 5.41) is 9.09. The van der Waals surface area contributed by atoms with Crippen molar-refractivity contribution < 1.29 is 13.9 Å². The van der Waals surface area contributed by atoms with Gasteiger partial charge in [0.25, 0.3) is 0 Å². The van der Waals surface area contributed by atoms with Crippen molar-refractivity contribution in [1.82, 2.24) is 0 Å². The lowest BCUT2D eigenvalue weighted by Gasteiger charge is -2.36. The topological polar surface area (TPSA) is 42.2 Å². The Hall–Kier alpha value is -1.60. The van der Waals surface area contributed by atoms with Crippen molar-refractivity contribution in [3.63, 3.8) is 0 Å². The minimum atomic E-state index is -0.743. The highest BCUT2D eigenvalue weighted by Gasteiger charge is 2.43. The van der Waals surface area contributed by atoms with Crippen LogP contribution in [0.3, 0.4) is 0 Å². The molecular formula is C11H10FNO2. The van der Waals surface area contributed by atoms with Crippen LogP contribution in [0.2, 0.25) is 0 Å². The maximum absolute atomic E-state index is 13.1. The van der Waals surface area contributed by atoms with E-state index in [-0.39, 0.29) is 5.82 Å². The summed E-state index contributed by atoms with van der Waals surface area (Å²) >= 11 is 0. The Morgan fingerprint density at radius 3 is 2.73 bits per heavy atom. The first-order chi connectivity index (χ1) is 7.22. The van der Waals surface area contributed by atoms with Crippen LogP contribution in [0.1, 0.15) is 5.56 Å². The monoisotopic (exact) mass is 207 g/mol. The molecule has 1 heterocycles. The molecule has 1 fully saturated rings. The molecule has 0 radical (unpaired) electrons. The molecule has 0 aromatic heterocycles. The average Bonchev–Trinajstić information content (AvgIpc) is 2.17. The van der Waals surface area contributed by atoms with Gasteiger partial charge in [0.2, 0.25) is 0 Å². The Kier molecular flexibility index (Phi) is 2.33. The van der Waals surface area contributed by atoms with Gasteiger partial charge in [0, 0.05) is 5.56 Å². The number of nitriles is 1. The Balaban J connectivity index is 2.50. The van der Waals surface area contributed by atoms with Gasteiger partial charge in [-0.2, -0.15) is 5.26 Å². The van der Waals surface area contributed by atoms with Gasteiger partial charge >= 0.3 is 0 Å². The first-order valence-corrected chi connectivity index (χ1v) is 4.55. The van der Waals surface area contributed by atoms with E-state index in [2.05, 4.69) is 6.07 Å². The normalized spacial score (nSPS) is 17.7. The molecule has 1 aromatic rings. The summed E-state index contributed by atoms with van der Waals surface area (Å²) in [6, 6.07) is 6.34. The maximum atomic E-state index is 13.1. The van der Waals surface area contributed by atoms with Gasteiger partial charge in [0.1, 0.15) is 17.0 Å². The third-order valence-electron chi connectivity index (χ3n) is 2.59. The molecule has 4 heteroatoms. The number of rotatable bonds is 2. The third-order valence-corrected chi connectivity index (χ3v) is 2.59. The molecule has 0 amide bonds. The summed E-state index contributed by atoms with van der Waals surface area (Å²) in [6.45, 7) is 0.590. The van der Waals surface area contributed by atoms with Gasteiger partial charge in [-0.3, -0.25) is 0 Å². The lowest BCUT2D eigenvalue weighted by atomic mass is 9.79. The smallest absolute Gasteiger partial charge is 0.132 e. The van der Waals surface area contributed by atoms with Crippen molar-refractivity contribution in [3.05, 3.63) is 29.6 Å². The van der Waals surface area contributed by atoms with E-state index >= 15 is 0 Å². The lowest BCUT2D eigenvalue weighted by molar-refractivity contribution is -0.0308. The SMILES string of the molecule is COc1ccc(F)cc1C1(C#N)COC1. The molecule has 3 nitrogen and oxygen atoms in total. The minimum absolute atomic E-state index is 0.295. The highest BCUT2D eigenvalue weighted by molar-refractivity contribution is 5.45. The minimum Gasteiger partial charge on any atom is -0.496 e. The average molecular weight is 207 g/mol. The van der Waals surface area contributed by atoms with Gasteiger partial charge in [-0.25, -0.2) is 4.39 Å². The van der Waals surface area contributed by atoms with E-state index in [4.69, 9.17) is 14.7 Å². The quantitative estimate of drug-likeness (QED) is 0.740. The summed E-state index contributed by atoms with van der Waals surface area (Å²) in [5.74, 6) is 0.161. The predicted molar refractivity (Wildman–Crippen MR) is 51.1 cm³/mol. The van der Waals surface area contributed by atoms with E-state index in [1.54, 1.807) is 0 Å². The number of halogens is 1. The van der Waals surface area contributed by atoms with Crippen molar-refractivity contribution in [2.24, 2.45) is 0 Å². The summed E-state index contributed by atoms with van der Waals surface area (Å²) in [4.78, 5) is 0. The van der Waals surface area contributed by atoms with E-state index in [9.17, 15) is 4.39 Å².